The Bertz CT molecular complexity index is 747. The number of benzene rings is 2. The molecule has 0 spiro atoms. The molecule has 0 saturated heterocycles. The summed E-state index contributed by atoms with van der Waals surface area (Å²) in [6, 6.07) is 12.4. The van der Waals surface area contributed by atoms with E-state index in [9.17, 15) is 9.18 Å². The van der Waals surface area contributed by atoms with Gasteiger partial charge in [0.15, 0.2) is 0 Å². The lowest BCUT2D eigenvalue weighted by molar-refractivity contribution is -0.121. The second-order valence-corrected chi connectivity index (χ2v) is 6.25. The van der Waals surface area contributed by atoms with Crippen LogP contribution in [0.5, 0.6) is 11.5 Å². The molecule has 2 aromatic carbocycles. The number of nitrogens with one attached hydrogen (secondary N) is 1. The molecule has 5 heteroatoms. The minimum Gasteiger partial charge on any atom is -0.497 e. The molecule has 0 aliphatic carbocycles. The summed E-state index contributed by atoms with van der Waals surface area (Å²) in [6.45, 7) is 1.12. The molecule has 1 amide bonds. The van der Waals surface area contributed by atoms with E-state index < -0.39 is 0 Å². The fourth-order valence-electron chi connectivity index (χ4n) is 2.97. The van der Waals surface area contributed by atoms with Crippen LogP contribution in [0.15, 0.2) is 42.5 Å². The van der Waals surface area contributed by atoms with Crippen LogP contribution in [-0.2, 0) is 17.6 Å². The van der Waals surface area contributed by atoms with Gasteiger partial charge in [0.05, 0.1) is 13.7 Å². The van der Waals surface area contributed by atoms with Crippen LogP contribution in [-0.4, -0.2) is 26.2 Å². The van der Waals surface area contributed by atoms with Gasteiger partial charge >= 0.3 is 0 Å². The molecule has 0 saturated carbocycles. The first kappa shape index (κ1) is 17.3. The molecule has 1 aliphatic rings. The molecule has 0 bridgehead atoms. The maximum atomic E-state index is 13.6. The number of ether oxygens (including phenoxy) is 2. The number of carbonyl (C=O) groups is 1. The molecule has 25 heavy (non-hydrogen) atoms. The van der Waals surface area contributed by atoms with Crippen molar-refractivity contribution in [2.24, 2.45) is 5.92 Å². The SMILES string of the molecule is COc1ccc2c(c1)OC[C@H](CNC(=O)CCc1ccccc1F)C2. The zero-order chi connectivity index (χ0) is 17.6. The number of rotatable bonds is 6. The highest BCUT2D eigenvalue weighted by Gasteiger charge is 2.21. The number of hydrogen-bond donors (Lipinski definition) is 1. The summed E-state index contributed by atoms with van der Waals surface area (Å²) in [7, 11) is 1.63. The molecule has 4 nitrogen and oxygen atoms in total. The van der Waals surface area contributed by atoms with E-state index in [1.807, 2.05) is 18.2 Å². The molecule has 132 valence electrons. The summed E-state index contributed by atoms with van der Waals surface area (Å²) >= 11 is 0. The molecule has 0 fully saturated rings. The van der Waals surface area contributed by atoms with Crippen molar-refractivity contribution in [2.45, 2.75) is 19.3 Å². The maximum absolute atomic E-state index is 13.6. The van der Waals surface area contributed by atoms with Crippen LogP contribution < -0.4 is 14.8 Å². The lowest BCUT2D eigenvalue weighted by atomic mass is 9.96. The van der Waals surface area contributed by atoms with Gasteiger partial charge in [-0.3, -0.25) is 4.79 Å². The van der Waals surface area contributed by atoms with Crippen molar-refractivity contribution >= 4 is 5.91 Å². The van der Waals surface area contributed by atoms with Crippen molar-refractivity contribution in [3.8, 4) is 11.5 Å². The second-order valence-electron chi connectivity index (χ2n) is 6.25. The molecule has 1 heterocycles. The average molecular weight is 343 g/mol. The largest absolute Gasteiger partial charge is 0.497 e. The normalized spacial score (nSPS) is 15.8. The minimum absolute atomic E-state index is 0.0659. The van der Waals surface area contributed by atoms with Gasteiger partial charge in [0.1, 0.15) is 17.3 Å². The van der Waals surface area contributed by atoms with E-state index in [1.54, 1.807) is 25.3 Å². The van der Waals surface area contributed by atoms with Gasteiger partial charge in [-0.1, -0.05) is 24.3 Å². The van der Waals surface area contributed by atoms with E-state index in [0.29, 0.717) is 25.1 Å². The first-order chi connectivity index (χ1) is 12.2. The monoisotopic (exact) mass is 343 g/mol. The van der Waals surface area contributed by atoms with Crippen LogP contribution in [0.2, 0.25) is 0 Å². The molecule has 1 N–H and O–H groups in total. The van der Waals surface area contributed by atoms with E-state index in [1.165, 1.54) is 6.07 Å². The summed E-state index contributed by atoms with van der Waals surface area (Å²) in [4.78, 5) is 12.0. The Morgan fingerprint density at radius 3 is 2.96 bits per heavy atom. The van der Waals surface area contributed by atoms with Crippen molar-refractivity contribution in [3.05, 3.63) is 59.4 Å². The van der Waals surface area contributed by atoms with Crippen molar-refractivity contribution in [3.63, 3.8) is 0 Å². The quantitative estimate of drug-likeness (QED) is 0.877. The lowest BCUT2D eigenvalue weighted by Crippen LogP contribution is -2.34. The van der Waals surface area contributed by atoms with E-state index in [2.05, 4.69) is 5.32 Å². The Hall–Kier alpha value is -2.56. The fourth-order valence-corrected chi connectivity index (χ4v) is 2.97. The average Bonchev–Trinajstić information content (AvgIpc) is 2.65. The molecular weight excluding hydrogens is 321 g/mol. The van der Waals surface area contributed by atoms with Crippen molar-refractivity contribution in [1.29, 1.82) is 0 Å². The zero-order valence-corrected chi connectivity index (χ0v) is 14.3. The van der Waals surface area contributed by atoms with Gasteiger partial charge in [0, 0.05) is 24.9 Å². The van der Waals surface area contributed by atoms with Gasteiger partial charge in [-0.2, -0.15) is 0 Å². The predicted molar refractivity (Wildman–Crippen MR) is 93.4 cm³/mol. The molecule has 0 unspecified atom stereocenters. The molecule has 2 aromatic rings. The van der Waals surface area contributed by atoms with E-state index >= 15 is 0 Å². The smallest absolute Gasteiger partial charge is 0.220 e. The Morgan fingerprint density at radius 2 is 2.16 bits per heavy atom. The third kappa shape index (κ3) is 4.50. The van der Waals surface area contributed by atoms with Crippen LogP contribution in [0.3, 0.4) is 0 Å². The van der Waals surface area contributed by atoms with Crippen LogP contribution in [0.4, 0.5) is 4.39 Å². The highest BCUT2D eigenvalue weighted by Crippen LogP contribution is 2.30. The van der Waals surface area contributed by atoms with Crippen LogP contribution in [0.25, 0.3) is 0 Å². The number of carbonyl (C=O) groups excluding carboxylic acids is 1. The van der Waals surface area contributed by atoms with Gasteiger partial charge in [-0.15, -0.1) is 0 Å². The Morgan fingerprint density at radius 1 is 1.32 bits per heavy atom. The Balaban J connectivity index is 1.46. The number of aryl methyl sites for hydroxylation is 1. The fraction of sp³-hybridized carbons (Fsp3) is 0.350. The first-order valence-electron chi connectivity index (χ1n) is 8.45. The van der Waals surface area contributed by atoms with Gasteiger partial charge in [0.2, 0.25) is 5.91 Å². The Labute approximate surface area is 147 Å². The van der Waals surface area contributed by atoms with E-state index in [0.717, 1.165) is 23.5 Å². The molecule has 1 atom stereocenters. The van der Waals surface area contributed by atoms with E-state index in [4.69, 9.17) is 9.47 Å². The standard InChI is InChI=1S/C20H22FNO3/c1-24-17-8-6-16-10-14(13-25-19(16)11-17)12-22-20(23)9-7-15-4-2-3-5-18(15)21/h2-6,8,11,14H,7,9-10,12-13H2,1H3,(H,22,23)/t14-/m0/s1. The van der Waals surface area contributed by atoms with Gasteiger partial charge < -0.3 is 14.8 Å². The van der Waals surface area contributed by atoms with Crippen LogP contribution >= 0.6 is 0 Å². The second kappa shape index (κ2) is 8.01. The van der Waals surface area contributed by atoms with E-state index in [-0.39, 0.29) is 24.1 Å². The van der Waals surface area contributed by atoms with Gasteiger partial charge in [0.25, 0.3) is 0 Å². The molecule has 1 aliphatic heterocycles. The highest BCUT2D eigenvalue weighted by molar-refractivity contribution is 5.76. The Kier molecular flexibility index (Phi) is 5.53. The third-order valence-electron chi connectivity index (χ3n) is 4.42. The number of methoxy groups -OCH3 is 1. The van der Waals surface area contributed by atoms with Gasteiger partial charge in [-0.05, 0) is 36.1 Å². The van der Waals surface area contributed by atoms with Crippen LogP contribution in [0, 0.1) is 11.7 Å². The summed E-state index contributed by atoms with van der Waals surface area (Å²) < 4.78 is 24.5. The topological polar surface area (TPSA) is 47.6 Å². The summed E-state index contributed by atoms with van der Waals surface area (Å²) in [5, 5.41) is 2.93. The number of fused-ring (bicyclic) bond motifs is 1. The number of amides is 1. The van der Waals surface area contributed by atoms with Gasteiger partial charge in [-0.25, -0.2) is 4.39 Å². The first-order valence-corrected chi connectivity index (χ1v) is 8.45. The summed E-state index contributed by atoms with van der Waals surface area (Å²) in [5.41, 5.74) is 1.69. The lowest BCUT2D eigenvalue weighted by Gasteiger charge is -2.25. The molecule has 0 aromatic heterocycles. The number of halogens is 1. The molecule has 0 radical (unpaired) electrons. The summed E-state index contributed by atoms with van der Waals surface area (Å²) in [6.07, 6.45) is 1.54. The van der Waals surface area contributed by atoms with Crippen molar-refractivity contribution < 1.29 is 18.7 Å². The third-order valence-corrected chi connectivity index (χ3v) is 4.42. The molecule has 3 rings (SSSR count). The number of hydrogen-bond acceptors (Lipinski definition) is 3. The van der Waals surface area contributed by atoms with Crippen molar-refractivity contribution in [2.75, 3.05) is 20.3 Å². The highest BCUT2D eigenvalue weighted by atomic mass is 19.1. The predicted octanol–water partition coefficient (Wildman–Crippen LogP) is 3.13. The zero-order valence-electron chi connectivity index (χ0n) is 14.3. The summed E-state index contributed by atoms with van der Waals surface area (Å²) in [5.74, 6) is 1.53. The van der Waals surface area contributed by atoms with Crippen LogP contribution in [0.1, 0.15) is 17.5 Å². The molecular formula is C20H22FNO3. The minimum atomic E-state index is -0.261. The van der Waals surface area contributed by atoms with Crippen molar-refractivity contribution in [1.82, 2.24) is 5.32 Å². The maximum Gasteiger partial charge on any atom is 0.220 e.